The van der Waals surface area contributed by atoms with E-state index in [4.69, 9.17) is 21.1 Å². The van der Waals surface area contributed by atoms with Crippen molar-refractivity contribution in [3.63, 3.8) is 0 Å². The molecular weight excluding hydrogens is 398 g/mol. The predicted molar refractivity (Wildman–Crippen MR) is 111 cm³/mol. The fraction of sp³-hybridized carbons (Fsp3) is 0.150. The summed E-state index contributed by atoms with van der Waals surface area (Å²) < 4.78 is 11.0. The number of nitrogens with one attached hydrogen (secondary N) is 1. The number of fused-ring (bicyclic) bond motifs is 2. The molecule has 28 heavy (non-hydrogen) atoms. The van der Waals surface area contributed by atoms with Crippen molar-refractivity contribution in [1.82, 2.24) is 10.4 Å². The molecule has 2 aromatic carbocycles. The molecule has 3 aromatic rings. The van der Waals surface area contributed by atoms with Crippen LogP contribution in [-0.2, 0) is 4.79 Å². The SMILES string of the molecule is O=C(CSc1cccc2cccnc12)N/N=C\c1cc(Cl)c2c(c1)OCCO2. The Kier molecular flexibility index (Phi) is 5.64. The van der Waals surface area contributed by atoms with E-state index in [1.807, 2.05) is 30.3 Å². The zero-order valence-corrected chi connectivity index (χ0v) is 16.3. The van der Waals surface area contributed by atoms with E-state index in [1.165, 1.54) is 18.0 Å². The summed E-state index contributed by atoms with van der Waals surface area (Å²) in [6.45, 7) is 0.945. The minimum atomic E-state index is -0.210. The fourth-order valence-electron chi connectivity index (χ4n) is 2.75. The molecule has 0 atom stereocenters. The number of hydrazone groups is 1. The van der Waals surface area contributed by atoms with Gasteiger partial charge in [0.15, 0.2) is 11.5 Å². The predicted octanol–water partition coefficient (Wildman–Crippen LogP) is 3.90. The highest BCUT2D eigenvalue weighted by atomic mass is 35.5. The van der Waals surface area contributed by atoms with E-state index in [-0.39, 0.29) is 11.7 Å². The minimum absolute atomic E-state index is 0.210. The highest BCUT2D eigenvalue weighted by molar-refractivity contribution is 8.00. The van der Waals surface area contributed by atoms with Crippen LogP contribution in [-0.4, -0.2) is 36.1 Å². The fourth-order valence-corrected chi connectivity index (χ4v) is 3.86. The van der Waals surface area contributed by atoms with Crippen molar-refractivity contribution in [2.45, 2.75) is 4.90 Å². The van der Waals surface area contributed by atoms with Gasteiger partial charge in [0.1, 0.15) is 13.2 Å². The molecule has 6 nitrogen and oxygen atoms in total. The normalized spacial score (nSPS) is 13.0. The van der Waals surface area contributed by atoms with Gasteiger partial charge >= 0.3 is 0 Å². The van der Waals surface area contributed by atoms with E-state index in [0.717, 1.165) is 15.8 Å². The van der Waals surface area contributed by atoms with Crippen molar-refractivity contribution >= 4 is 46.4 Å². The van der Waals surface area contributed by atoms with Crippen LogP contribution in [0.5, 0.6) is 11.5 Å². The van der Waals surface area contributed by atoms with Crippen LogP contribution in [0, 0.1) is 0 Å². The summed E-state index contributed by atoms with van der Waals surface area (Å²) in [4.78, 5) is 17.4. The van der Waals surface area contributed by atoms with Gasteiger partial charge in [-0.05, 0) is 29.8 Å². The molecule has 4 rings (SSSR count). The molecule has 0 unspecified atom stereocenters. The molecular formula is C20H16ClN3O3S. The van der Waals surface area contributed by atoms with Gasteiger partial charge in [-0.25, -0.2) is 5.43 Å². The van der Waals surface area contributed by atoms with Gasteiger partial charge in [0, 0.05) is 16.5 Å². The lowest BCUT2D eigenvalue weighted by atomic mass is 10.2. The molecule has 1 aliphatic rings. The Hall–Kier alpha value is -2.77. The van der Waals surface area contributed by atoms with Crippen molar-refractivity contribution in [2.75, 3.05) is 19.0 Å². The van der Waals surface area contributed by atoms with Gasteiger partial charge in [-0.3, -0.25) is 9.78 Å². The maximum atomic E-state index is 12.1. The molecule has 8 heteroatoms. The Morgan fingerprint density at radius 3 is 3.04 bits per heavy atom. The van der Waals surface area contributed by atoms with E-state index < -0.39 is 0 Å². The van der Waals surface area contributed by atoms with Crippen LogP contribution in [0.4, 0.5) is 0 Å². The molecule has 0 aliphatic carbocycles. The number of hydrogen-bond donors (Lipinski definition) is 1. The number of ether oxygens (including phenoxy) is 2. The van der Waals surface area contributed by atoms with Crippen LogP contribution in [0.15, 0.2) is 58.7 Å². The smallest absolute Gasteiger partial charge is 0.250 e. The number of carbonyl (C=O) groups is 1. The summed E-state index contributed by atoms with van der Waals surface area (Å²) in [5, 5.41) is 5.49. The standard InChI is InChI=1S/C20H16ClN3O3S/c21-15-9-13(10-16-20(15)27-8-7-26-16)11-23-24-18(25)12-28-17-5-1-3-14-4-2-6-22-19(14)17/h1-6,9-11H,7-8,12H2,(H,24,25)/b23-11-. The molecule has 0 saturated heterocycles. The van der Waals surface area contributed by atoms with Crippen molar-refractivity contribution in [3.8, 4) is 11.5 Å². The molecule has 0 fully saturated rings. The van der Waals surface area contributed by atoms with Crippen LogP contribution in [0.3, 0.4) is 0 Å². The highest BCUT2D eigenvalue weighted by Crippen LogP contribution is 2.37. The maximum Gasteiger partial charge on any atom is 0.250 e. The average molecular weight is 414 g/mol. The van der Waals surface area contributed by atoms with Gasteiger partial charge in [0.2, 0.25) is 5.91 Å². The van der Waals surface area contributed by atoms with Gasteiger partial charge < -0.3 is 9.47 Å². The molecule has 1 N–H and O–H groups in total. The first-order chi connectivity index (χ1) is 13.7. The Bertz CT molecular complexity index is 1050. The van der Waals surface area contributed by atoms with Gasteiger partial charge in [-0.15, -0.1) is 11.8 Å². The number of nitrogens with zero attached hydrogens (tertiary/aromatic N) is 2. The summed E-state index contributed by atoms with van der Waals surface area (Å²) in [6.07, 6.45) is 3.27. The summed E-state index contributed by atoms with van der Waals surface area (Å²) in [6, 6.07) is 13.3. The topological polar surface area (TPSA) is 72.8 Å². The number of halogens is 1. The molecule has 1 aromatic heterocycles. The number of thioether (sulfide) groups is 1. The summed E-state index contributed by atoms with van der Waals surface area (Å²) in [5.74, 6) is 1.13. The minimum Gasteiger partial charge on any atom is -0.486 e. The van der Waals surface area contributed by atoms with Gasteiger partial charge in [0.05, 0.1) is 22.5 Å². The number of hydrogen-bond acceptors (Lipinski definition) is 6. The second kappa shape index (κ2) is 8.50. The third kappa shape index (κ3) is 4.21. The number of aromatic nitrogens is 1. The first-order valence-electron chi connectivity index (χ1n) is 8.58. The van der Waals surface area contributed by atoms with E-state index >= 15 is 0 Å². The lowest BCUT2D eigenvalue weighted by Crippen LogP contribution is -2.19. The van der Waals surface area contributed by atoms with Crippen molar-refractivity contribution in [3.05, 3.63) is 59.2 Å². The molecule has 0 saturated carbocycles. The second-order valence-corrected chi connectivity index (χ2v) is 7.36. The lowest BCUT2D eigenvalue weighted by molar-refractivity contribution is -0.118. The van der Waals surface area contributed by atoms with E-state index in [1.54, 1.807) is 18.3 Å². The lowest BCUT2D eigenvalue weighted by Gasteiger charge is -2.19. The van der Waals surface area contributed by atoms with Crippen molar-refractivity contribution in [2.24, 2.45) is 5.10 Å². The van der Waals surface area contributed by atoms with E-state index in [0.29, 0.717) is 35.3 Å². The zero-order chi connectivity index (χ0) is 19.3. The summed E-state index contributed by atoms with van der Waals surface area (Å²) in [5.41, 5.74) is 4.12. The highest BCUT2D eigenvalue weighted by Gasteiger charge is 2.16. The van der Waals surface area contributed by atoms with E-state index in [9.17, 15) is 4.79 Å². The first kappa shape index (κ1) is 18.6. The summed E-state index contributed by atoms with van der Waals surface area (Å²) >= 11 is 7.61. The van der Waals surface area contributed by atoms with Crippen LogP contribution in [0.1, 0.15) is 5.56 Å². The number of carbonyl (C=O) groups excluding carboxylic acids is 1. The van der Waals surface area contributed by atoms with E-state index in [2.05, 4.69) is 15.5 Å². The number of para-hydroxylation sites is 1. The van der Waals surface area contributed by atoms with Crippen molar-refractivity contribution < 1.29 is 14.3 Å². The molecule has 142 valence electrons. The van der Waals surface area contributed by atoms with Crippen LogP contribution in [0.2, 0.25) is 5.02 Å². The Balaban J connectivity index is 1.36. The summed E-state index contributed by atoms with van der Waals surface area (Å²) in [7, 11) is 0. The van der Waals surface area contributed by atoms with Crippen LogP contribution in [0.25, 0.3) is 10.9 Å². The van der Waals surface area contributed by atoms with Crippen LogP contribution < -0.4 is 14.9 Å². The molecule has 1 aliphatic heterocycles. The Labute approximate surface area is 170 Å². The maximum absolute atomic E-state index is 12.1. The largest absolute Gasteiger partial charge is 0.486 e. The number of pyridine rings is 1. The zero-order valence-electron chi connectivity index (χ0n) is 14.7. The monoisotopic (exact) mass is 413 g/mol. The molecule has 0 spiro atoms. The van der Waals surface area contributed by atoms with Gasteiger partial charge in [-0.2, -0.15) is 5.10 Å². The second-order valence-electron chi connectivity index (χ2n) is 5.94. The third-order valence-corrected chi connectivity index (χ3v) is 5.30. The first-order valence-corrected chi connectivity index (χ1v) is 9.94. The molecule has 1 amide bonds. The van der Waals surface area contributed by atoms with Gasteiger partial charge in [0.25, 0.3) is 0 Å². The molecule has 2 heterocycles. The Morgan fingerprint density at radius 2 is 2.11 bits per heavy atom. The Morgan fingerprint density at radius 1 is 1.25 bits per heavy atom. The number of amides is 1. The van der Waals surface area contributed by atoms with Crippen molar-refractivity contribution in [1.29, 1.82) is 0 Å². The quantitative estimate of drug-likeness (QED) is 0.390. The number of benzene rings is 2. The molecule has 0 radical (unpaired) electrons. The average Bonchev–Trinajstić information content (AvgIpc) is 2.72. The van der Waals surface area contributed by atoms with Gasteiger partial charge in [-0.1, -0.05) is 29.8 Å². The number of rotatable bonds is 5. The van der Waals surface area contributed by atoms with Crippen LogP contribution >= 0.6 is 23.4 Å². The molecule has 0 bridgehead atoms. The third-order valence-electron chi connectivity index (χ3n) is 3.98.